The van der Waals surface area contributed by atoms with Crippen molar-refractivity contribution in [2.75, 3.05) is 25.1 Å². The van der Waals surface area contributed by atoms with Gasteiger partial charge in [0.25, 0.3) is 17.7 Å². The van der Waals surface area contributed by atoms with Crippen LogP contribution >= 0.6 is 0 Å². The van der Waals surface area contributed by atoms with Gasteiger partial charge in [-0.15, -0.1) is 0 Å². The van der Waals surface area contributed by atoms with E-state index in [9.17, 15) is 19.5 Å². The van der Waals surface area contributed by atoms with E-state index in [1.807, 2.05) is 0 Å². The SMILES string of the molecule is CN1Cc2cc(N3CCO[C@H]([C@@H](O)C(=O)NC4=CCC(C(=N)N)C=C4)C3=O)ccc2C1=O. The predicted molar refractivity (Wildman–Crippen MR) is 116 cm³/mol. The smallest absolute Gasteiger partial charge is 0.259 e. The molecular formula is C22H25N5O5. The number of amidine groups is 1. The second kappa shape index (κ2) is 8.56. The number of aliphatic hydroxyl groups excluding tert-OH is 1. The predicted octanol–water partition coefficient (Wildman–Crippen LogP) is -0.123. The molecule has 10 heteroatoms. The molecule has 0 bridgehead atoms. The zero-order chi connectivity index (χ0) is 23.0. The quantitative estimate of drug-likeness (QED) is 0.371. The number of rotatable bonds is 5. The van der Waals surface area contributed by atoms with Crippen molar-refractivity contribution < 1.29 is 24.2 Å². The van der Waals surface area contributed by atoms with Gasteiger partial charge in [-0.2, -0.15) is 0 Å². The van der Waals surface area contributed by atoms with Crippen molar-refractivity contribution in [3.8, 4) is 0 Å². The summed E-state index contributed by atoms with van der Waals surface area (Å²) in [7, 11) is 1.71. The Balaban J connectivity index is 1.44. The Morgan fingerprint density at radius 2 is 2.16 bits per heavy atom. The Morgan fingerprint density at radius 1 is 1.38 bits per heavy atom. The number of nitrogens with two attached hydrogens (primary N) is 1. The van der Waals surface area contributed by atoms with Crippen molar-refractivity contribution in [1.29, 1.82) is 5.41 Å². The maximum Gasteiger partial charge on any atom is 0.259 e. The highest BCUT2D eigenvalue weighted by Gasteiger charge is 2.40. The summed E-state index contributed by atoms with van der Waals surface area (Å²) >= 11 is 0. The van der Waals surface area contributed by atoms with Gasteiger partial charge in [-0.25, -0.2) is 0 Å². The van der Waals surface area contributed by atoms with Crippen molar-refractivity contribution in [2.24, 2.45) is 11.7 Å². The van der Waals surface area contributed by atoms with E-state index in [4.69, 9.17) is 15.9 Å². The summed E-state index contributed by atoms with van der Waals surface area (Å²) in [6.45, 7) is 0.883. The fraction of sp³-hybridized carbons (Fsp3) is 0.364. The van der Waals surface area contributed by atoms with Gasteiger partial charge < -0.3 is 30.7 Å². The molecule has 1 unspecified atom stereocenters. The first-order valence-electron chi connectivity index (χ1n) is 10.3. The van der Waals surface area contributed by atoms with E-state index in [1.54, 1.807) is 48.4 Å². The van der Waals surface area contributed by atoms with Crippen LogP contribution in [0.15, 0.2) is 42.1 Å². The molecule has 10 nitrogen and oxygen atoms in total. The lowest BCUT2D eigenvalue weighted by molar-refractivity contribution is -0.152. The van der Waals surface area contributed by atoms with Crippen molar-refractivity contribution in [3.05, 3.63) is 53.3 Å². The zero-order valence-electron chi connectivity index (χ0n) is 17.6. The number of anilines is 1. The third kappa shape index (κ3) is 4.02. The standard InChI is InChI=1S/C22H25N5O5/c1-26-11-13-10-15(6-7-16(13)21(26)30)27-8-9-32-18(22(27)31)17(28)20(29)25-14-4-2-12(3-5-14)19(23)24/h2,4-7,10,12,17-18,28H,3,8-9,11H2,1H3,(H3,23,24)(H,25,29)/t12?,17-,18-/m1/s1. The number of nitrogens with zero attached hydrogens (tertiary/aromatic N) is 2. The summed E-state index contributed by atoms with van der Waals surface area (Å²) in [5.74, 6) is -1.54. The normalized spacial score (nSPS) is 23.6. The molecule has 1 aromatic carbocycles. The molecule has 1 aliphatic carbocycles. The highest BCUT2D eigenvalue weighted by molar-refractivity contribution is 6.03. The number of fused-ring (bicyclic) bond motifs is 1. The monoisotopic (exact) mass is 439 g/mol. The van der Waals surface area contributed by atoms with Crippen LogP contribution < -0.4 is 16.0 Å². The first-order chi connectivity index (χ1) is 15.3. The Kier molecular flexibility index (Phi) is 5.81. The molecule has 32 heavy (non-hydrogen) atoms. The number of aliphatic hydroxyl groups is 1. The van der Waals surface area contributed by atoms with Crippen LogP contribution in [-0.2, 0) is 20.9 Å². The van der Waals surface area contributed by atoms with Gasteiger partial charge in [-0.3, -0.25) is 19.8 Å². The van der Waals surface area contributed by atoms with Crippen LogP contribution in [0.5, 0.6) is 0 Å². The number of hydrogen-bond acceptors (Lipinski definition) is 6. The van der Waals surface area contributed by atoms with E-state index < -0.39 is 24.0 Å². The van der Waals surface area contributed by atoms with Crippen LogP contribution in [0.4, 0.5) is 5.69 Å². The molecule has 3 amide bonds. The van der Waals surface area contributed by atoms with E-state index in [2.05, 4.69) is 5.32 Å². The van der Waals surface area contributed by atoms with Crippen LogP contribution in [-0.4, -0.2) is 66.0 Å². The van der Waals surface area contributed by atoms with E-state index in [0.29, 0.717) is 29.9 Å². The first-order valence-corrected chi connectivity index (χ1v) is 10.3. The number of ether oxygens (including phenoxy) is 1. The lowest BCUT2D eigenvalue weighted by atomic mass is 9.98. The van der Waals surface area contributed by atoms with Crippen LogP contribution in [0.2, 0.25) is 0 Å². The van der Waals surface area contributed by atoms with Gasteiger partial charge in [0.15, 0.2) is 12.2 Å². The second-order valence-corrected chi connectivity index (χ2v) is 8.03. The highest BCUT2D eigenvalue weighted by Crippen LogP contribution is 2.28. The number of benzene rings is 1. The van der Waals surface area contributed by atoms with Crippen molar-refractivity contribution in [3.63, 3.8) is 0 Å². The lowest BCUT2D eigenvalue weighted by Crippen LogP contribution is -2.56. The maximum absolute atomic E-state index is 13.0. The summed E-state index contributed by atoms with van der Waals surface area (Å²) in [6, 6.07) is 5.16. The Labute approximate surface area is 184 Å². The average molecular weight is 439 g/mol. The number of hydrogen-bond donors (Lipinski definition) is 4. The summed E-state index contributed by atoms with van der Waals surface area (Å²) in [5, 5.41) is 20.6. The summed E-state index contributed by atoms with van der Waals surface area (Å²) in [6.07, 6.45) is 2.42. The molecule has 2 aliphatic heterocycles. The van der Waals surface area contributed by atoms with Gasteiger partial charge in [0, 0.05) is 43.0 Å². The lowest BCUT2D eigenvalue weighted by Gasteiger charge is -2.34. The van der Waals surface area contributed by atoms with E-state index >= 15 is 0 Å². The zero-order valence-corrected chi connectivity index (χ0v) is 17.6. The molecule has 0 radical (unpaired) electrons. The topological polar surface area (TPSA) is 149 Å². The fourth-order valence-corrected chi connectivity index (χ4v) is 4.01. The van der Waals surface area contributed by atoms with Crippen molar-refractivity contribution >= 4 is 29.2 Å². The average Bonchev–Trinajstić information content (AvgIpc) is 3.06. The summed E-state index contributed by atoms with van der Waals surface area (Å²) in [4.78, 5) is 40.7. The number of amides is 3. The Hall–Kier alpha value is -3.50. The Bertz CT molecular complexity index is 1050. The fourth-order valence-electron chi connectivity index (χ4n) is 4.01. The number of carbonyl (C=O) groups is 3. The number of nitrogens with one attached hydrogen (secondary N) is 2. The minimum Gasteiger partial charge on any atom is -0.387 e. The summed E-state index contributed by atoms with van der Waals surface area (Å²) < 4.78 is 5.44. The molecule has 1 saturated heterocycles. The van der Waals surface area contributed by atoms with Crippen LogP contribution in [0.3, 0.4) is 0 Å². The van der Waals surface area contributed by atoms with Gasteiger partial charge in [-0.05, 0) is 36.3 Å². The summed E-state index contributed by atoms with van der Waals surface area (Å²) in [5.41, 5.74) is 7.95. The van der Waals surface area contributed by atoms with E-state index in [0.717, 1.165) is 5.56 Å². The molecule has 2 heterocycles. The molecule has 1 aromatic rings. The van der Waals surface area contributed by atoms with Crippen molar-refractivity contribution in [1.82, 2.24) is 10.2 Å². The van der Waals surface area contributed by atoms with Crippen molar-refractivity contribution in [2.45, 2.75) is 25.2 Å². The molecule has 0 spiro atoms. The van der Waals surface area contributed by atoms with Gasteiger partial charge >= 0.3 is 0 Å². The molecule has 1 fully saturated rings. The number of allylic oxidation sites excluding steroid dienone is 2. The van der Waals surface area contributed by atoms with Crippen LogP contribution in [0, 0.1) is 11.3 Å². The Morgan fingerprint density at radius 3 is 2.84 bits per heavy atom. The molecule has 5 N–H and O–H groups in total. The third-order valence-corrected chi connectivity index (χ3v) is 5.83. The van der Waals surface area contributed by atoms with E-state index in [-0.39, 0.29) is 30.8 Å². The molecule has 3 aliphatic rings. The number of morpholine rings is 1. The largest absolute Gasteiger partial charge is 0.387 e. The third-order valence-electron chi connectivity index (χ3n) is 5.83. The minimum atomic E-state index is -1.70. The molecule has 168 valence electrons. The molecule has 0 aromatic heterocycles. The first kappa shape index (κ1) is 21.7. The maximum atomic E-state index is 13.0. The molecule has 3 atom stereocenters. The second-order valence-electron chi connectivity index (χ2n) is 8.03. The molecular weight excluding hydrogens is 414 g/mol. The van der Waals surface area contributed by atoms with Gasteiger partial charge in [0.05, 0.1) is 12.4 Å². The van der Waals surface area contributed by atoms with Gasteiger partial charge in [0.1, 0.15) is 0 Å². The number of carbonyl (C=O) groups excluding carboxylic acids is 3. The van der Waals surface area contributed by atoms with Crippen LogP contribution in [0.25, 0.3) is 0 Å². The molecule has 4 rings (SSSR count). The molecule has 0 saturated carbocycles. The minimum absolute atomic E-state index is 0.0340. The highest BCUT2D eigenvalue weighted by atomic mass is 16.5. The van der Waals surface area contributed by atoms with Gasteiger partial charge in [-0.1, -0.05) is 12.2 Å². The van der Waals surface area contributed by atoms with E-state index in [1.165, 1.54) is 4.90 Å². The van der Waals surface area contributed by atoms with Gasteiger partial charge in [0.2, 0.25) is 0 Å². The van der Waals surface area contributed by atoms with Crippen LogP contribution in [0.1, 0.15) is 22.3 Å².